The third-order valence-corrected chi connectivity index (χ3v) is 3.82. The van der Waals surface area contributed by atoms with E-state index < -0.39 is 4.92 Å². The number of carbonyl (C=O) groups is 1. The summed E-state index contributed by atoms with van der Waals surface area (Å²) >= 11 is 0. The van der Waals surface area contributed by atoms with E-state index in [4.69, 9.17) is 10.5 Å². The summed E-state index contributed by atoms with van der Waals surface area (Å²) < 4.78 is 4.75. The summed E-state index contributed by atoms with van der Waals surface area (Å²) in [5, 5.41) is 10.9. The highest BCUT2D eigenvalue weighted by Crippen LogP contribution is 2.25. The molecular formula is C14H19N3O4. The van der Waals surface area contributed by atoms with Gasteiger partial charge in [0.25, 0.3) is 5.69 Å². The molecule has 7 heteroatoms. The Bertz CT molecular complexity index is 539. The van der Waals surface area contributed by atoms with Gasteiger partial charge in [0, 0.05) is 12.6 Å². The van der Waals surface area contributed by atoms with Crippen LogP contribution in [-0.4, -0.2) is 36.0 Å². The van der Waals surface area contributed by atoms with Gasteiger partial charge in [-0.2, -0.15) is 0 Å². The number of benzene rings is 1. The first-order chi connectivity index (χ1) is 10.0. The predicted molar refractivity (Wildman–Crippen MR) is 77.5 cm³/mol. The van der Waals surface area contributed by atoms with Crippen LogP contribution in [0.2, 0.25) is 0 Å². The molecule has 0 radical (unpaired) electrons. The van der Waals surface area contributed by atoms with Gasteiger partial charge in [-0.3, -0.25) is 19.8 Å². The number of carbonyl (C=O) groups excluding carboxylic acids is 1. The van der Waals surface area contributed by atoms with E-state index in [0.29, 0.717) is 6.54 Å². The zero-order chi connectivity index (χ0) is 15.4. The van der Waals surface area contributed by atoms with Crippen molar-refractivity contribution in [2.75, 3.05) is 25.9 Å². The first-order valence-corrected chi connectivity index (χ1v) is 6.84. The van der Waals surface area contributed by atoms with Gasteiger partial charge >= 0.3 is 5.97 Å². The molecule has 1 aromatic carbocycles. The standard InChI is InChI=1S/C14H19N3O4/c1-21-14(18)11-4-6-16(7-5-11)9-10-2-3-12(15)13(8-10)17(19)20/h2-3,8,11H,4-7,9,15H2,1H3. The number of hydrogen-bond acceptors (Lipinski definition) is 6. The van der Waals surface area contributed by atoms with Crippen molar-refractivity contribution in [2.24, 2.45) is 5.92 Å². The highest BCUT2D eigenvalue weighted by atomic mass is 16.6. The first kappa shape index (κ1) is 15.2. The topological polar surface area (TPSA) is 98.7 Å². The molecule has 1 heterocycles. The van der Waals surface area contributed by atoms with E-state index in [1.54, 1.807) is 12.1 Å². The van der Waals surface area contributed by atoms with Crippen molar-refractivity contribution in [3.05, 3.63) is 33.9 Å². The molecule has 114 valence electrons. The molecule has 1 fully saturated rings. The molecule has 0 bridgehead atoms. The third-order valence-electron chi connectivity index (χ3n) is 3.82. The van der Waals surface area contributed by atoms with Crippen molar-refractivity contribution in [2.45, 2.75) is 19.4 Å². The van der Waals surface area contributed by atoms with Crippen LogP contribution in [0, 0.1) is 16.0 Å². The second-order valence-electron chi connectivity index (χ2n) is 5.22. The Kier molecular flexibility index (Phi) is 4.74. The maximum atomic E-state index is 11.5. The fourth-order valence-electron chi connectivity index (χ4n) is 2.60. The Morgan fingerprint density at radius 2 is 2.14 bits per heavy atom. The van der Waals surface area contributed by atoms with Crippen LogP contribution in [0.3, 0.4) is 0 Å². The number of nitro groups is 1. The number of nitro benzene ring substituents is 1. The molecule has 2 rings (SSSR count). The van der Waals surface area contributed by atoms with Crippen LogP contribution in [0.25, 0.3) is 0 Å². The number of nitrogens with two attached hydrogens (primary N) is 1. The Labute approximate surface area is 122 Å². The zero-order valence-electron chi connectivity index (χ0n) is 11.9. The number of esters is 1. The second-order valence-corrected chi connectivity index (χ2v) is 5.22. The summed E-state index contributed by atoms with van der Waals surface area (Å²) in [6.45, 7) is 2.17. The Morgan fingerprint density at radius 3 is 2.71 bits per heavy atom. The zero-order valence-corrected chi connectivity index (χ0v) is 11.9. The molecule has 1 aliphatic heterocycles. The Balaban J connectivity index is 1.96. The van der Waals surface area contributed by atoms with Gasteiger partial charge in [0.05, 0.1) is 18.0 Å². The smallest absolute Gasteiger partial charge is 0.308 e. The first-order valence-electron chi connectivity index (χ1n) is 6.84. The Hall–Kier alpha value is -2.15. The van der Waals surface area contributed by atoms with Crippen LogP contribution >= 0.6 is 0 Å². The highest BCUT2D eigenvalue weighted by molar-refractivity contribution is 5.72. The summed E-state index contributed by atoms with van der Waals surface area (Å²) in [4.78, 5) is 24.0. The molecule has 1 aliphatic rings. The molecular weight excluding hydrogens is 274 g/mol. The van der Waals surface area contributed by atoms with Gasteiger partial charge in [-0.15, -0.1) is 0 Å². The largest absolute Gasteiger partial charge is 0.469 e. The number of nitrogen functional groups attached to an aromatic ring is 1. The lowest BCUT2D eigenvalue weighted by Crippen LogP contribution is -2.36. The minimum atomic E-state index is -0.470. The minimum absolute atomic E-state index is 0.0352. The molecule has 0 unspecified atom stereocenters. The number of rotatable bonds is 4. The van der Waals surface area contributed by atoms with Crippen LogP contribution in [0.4, 0.5) is 11.4 Å². The molecule has 0 aliphatic carbocycles. The fourth-order valence-corrected chi connectivity index (χ4v) is 2.60. The van der Waals surface area contributed by atoms with Gasteiger partial charge in [-0.25, -0.2) is 0 Å². The fraction of sp³-hybridized carbons (Fsp3) is 0.500. The second kappa shape index (κ2) is 6.53. The lowest BCUT2D eigenvalue weighted by molar-refractivity contribution is -0.384. The SMILES string of the molecule is COC(=O)C1CCN(Cc2ccc(N)c([N+](=O)[O-])c2)CC1. The quantitative estimate of drug-likeness (QED) is 0.391. The highest BCUT2D eigenvalue weighted by Gasteiger charge is 2.25. The summed E-state index contributed by atoms with van der Waals surface area (Å²) in [6.07, 6.45) is 1.51. The molecule has 0 aromatic heterocycles. The number of hydrogen-bond donors (Lipinski definition) is 1. The van der Waals surface area contributed by atoms with Crippen molar-refractivity contribution in [3.8, 4) is 0 Å². The summed E-state index contributed by atoms with van der Waals surface area (Å²) in [7, 11) is 1.40. The van der Waals surface area contributed by atoms with Gasteiger partial charge in [0.15, 0.2) is 0 Å². The predicted octanol–water partition coefficient (Wildman–Crippen LogP) is 1.56. The maximum absolute atomic E-state index is 11.5. The molecule has 0 saturated carbocycles. The number of anilines is 1. The van der Waals surface area contributed by atoms with Crippen molar-refractivity contribution >= 4 is 17.3 Å². The average Bonchev–Trinajstić information content (AvgIpc) is 2.49. The number of methoxy groups -OCH3 is 1. The van der Waals surface area contributed by atoms with Crippen LogP contribution in [-0.2, 0) is 16.1 Å². The van der Waals surface area contributed by atoms with Crippen molar-refractivity contribution < 1.29 is 14.5 Å². The van der Waals surface area contributed by atoms with E-state index in [1.807, 2.05) is 0 Å². The molecule has 1 aromatic rings. The number of nitrogens with zero attached hydrogens (tertiary/aromatic N) is 2. The number of ether oxygens (including phenoxy) is 1. The van der Waals surface area contributed by atoms with Crippen molar-refractivity contribution in [1.29, 1.82) is 0 Å². The minimum Gasteiger partial charge on any atom is -0.469 e. The molecule has 2 N–H and O–H groups in total. The maximum Gasteiger partial charge on any atom is 0.308 e. The van der Waals surface area contributed by atoms with Crippen LogP contribution in [0.5, 0.6) is 0 Å². The molecule has 1 saturated heterocycles. The van der Waals surface area contributed by atoms with Crippen LogP contribution in [0.1, 0.15) is 18.4 Å². The molecule has 0 spiro atoms. The van der Waals surface area contributed by atoms with E-state index in [2.05, 4.69) is 4.90 Å². The van der Waals surface area contributed by atoms with Crippen molar-refractivity contribution in [3.63, 3.8) is 0 Å². The van der Waals surface area contributed by atoms with Crippen molar-refractivity contribution in [1.82, 2.24) is 4.90 Å². The lowest BCUT2D eigenvalue weighted by atomic mass is 9.96. The normalized spacial score (nSPS) is 16.6. The Morgan fingerprint density at radius 1 is 1.48 bits per heavy atom. The van der Waals surface area contributed by atoms with E-state index in [9.17, 15) is 14.9 Å². The molecule has 0 atom stereocenters. The molecule has 7 nitrogen and oxygen atoms in total. The van der Waals surface area contributed by atoms with E-state index in [-0.39, 0.29) is 23.3 Å². The van der Waals surface area contributed by atoms with E-state index >= 15 is 0 Å². The number of piperidine rings is 1. The van der Waals surface area contributed by atoms with Gasteiger partial charge in [0.2, 0.25) is 0 Å². The van der Waals surface area contributed by atoms with Gasteiger partial charge in [-0.05, 0) is 37.6 Å². The molecule has 21 heavy (non-hydrogen) atoms. The summed E-state index contributed by atoms with van der Waals surface area (Å²) in [5.41, 5.74) is 6.55. The number of likely N-dealkylation sites (tertiary alicyclic amines) is 1. The molecule has 0 amide bonds. The van der Waals surface area contributed by atoms with Gasteiger partial charge in [-0.1, -0.05) is 6.07 Å². The van der Waals surface area contributed by atoms with Gasteiger partial charge in [0.1, 0.15) is 5.69 Å². The summed E-state index contributed by atoms with van der Waals surface area (Å²) in [6, 6.07) is 4.88. The van der Waals surface area contributed by atoms with E-state index in [0.717, 1.165) is 31.5 Å². The monoisotopic (exact) mass is 293 g/mol. The van der Waals surface area contributed by atoms with Crippen LogP contribution < -0.4 is 5.73 Å². The van der Waals surface area contributed by atoms with E-state index in [1.165, 1.54) is 13.2 Å². The summed E-state index contributed by atoms with van der Waals surface area (Å²) in [5.74, 6) is -0.190. The van der Waals surface area contributed by atoms with Gasteiger partial charge < -0.3 is 10.5 Å². The average molecular weight is 293 g/mol. The third kappa shape index (κ3) is 3.69. The lowest BCUT2D eigenvalue weighted by Gasteiger charge is -2.30. The van der Waals surface area contributed by atoms with Crippen LogP contribution in [0.15, 0.2) is 18.2 Å².